The molecule has 84 valence electrons. The molecule has 1 unspecified atom stereocenters. The molecule has 0 saturated carbocycles. The highest BCUT2D eigenvalue weighted by molar-refractivity contribution is 7.07. The lowest BCUT2D eigenvalue weighted by atomic mass is 10.0. The van der Waals surface area contributed by atoms with Crippen LogP contribution in [0.25, 0.3) is 0 Å². The molecule has 0 amide bonds. The number of hydrogen-bond acceptors (Lipinski definition) is 2. The van der Waals surface area contributed by atoms with E-state index in [1.807, 2.05) is 19.2 Å². The van der Waals surface area contributed by atoms with Crippen molar-refractivity contribution in [3.05, 3.63) is 58.0 Å². The molecule has 1 nitrogen and oxygen atoms in total. The molecule has 0 aliphatic rings. The summed E-state index contributed by atoms with van der Waals surface area (Å²) in [6, 6.07) is 9.12. The summed E-state index contributed by atoms with van der Waals surface area (Å²) >= 11 is 1.70. The smallest absolute Gasteiger partial charge is 0.123 e. The summed E-state index contributed by atoms with van der Waals surface area (Å²) in [6.07, 6.45) is 0.882. The highest BCUT2D eigenvalue weighted by atomic mass is 32.1. The third-order valence-corrected chi connectivity index (χ3v) is 3.35. The lowest BCUT2D eigenvalue weighted by Gasteiger charge is -2.14. The maximum atomic E-state index is 12.8. The third-order valence-electron chi connectivity index (χ3n) is 2.65. The van der Waals surface area contributed by atoms with Gasteiger partial charge in [0, 0.05) is 6.04 Å². The van der Waals surface area contributed by atoms with Gasteiger partial charge in [-0.15, -0.1) is 0 Å². The van der Waals surface area contributed by atoms with Gasteiger partial charge in [0.25, 0.3) is 0 Å². The van der Waals surface area contributed by atoms with Gasteiger partial charge in [0.05, 0.1) is 0 Å². The van der Waals surface area contributed by atoms with Crippen LogP contribution >= 0.6 is 11.3 Å². The van der Waals surface area contributed by atoms with Gasteiger partial charge in [0.2, 0.25) is 0 Å². The Kier molecular flexibility index (Phi) is 3.70. The molecular formula is C13H14FNS. The van der Waals surface area contributed by atoms with E-state index in [1.54, 1.807) is 11.3 Å². The zero-order valence-corrected chi connectivity index (χ0v) is 9.93. The predicted molar refractivity (Wildman–Crippen MR) is 66.2 cm³/mol. The van der Waals surface area contributed by atoms with E-state index in [4.69, 9.17) is 0 Å². The van der Waals surface area contributed by atoms with Crippen molar-refractivity contribution in [3.63, 3.8) is 0 Å². The molecule has 0 aliphatic carbocycles. The summed E-state index contributed by atoms with van der Waals surface area (Å²) in [7, 11) is 1.95. The van der Waals surface area contributed by atoms with Crippen LogP contribution < -0.4 is 5.32 Å². The number of halogens is 1. The van der Waals surface area contributed by atoms with Gasteiger partial charge in [-0.2, -0.15) is 11.3 Å². The molecule has 3 heteroatoms. The molecule has 2 aromatic rings. The molecule has 0 bridgehead atoms. The van der Waals surface area contributed by atoms with Crippen LogP contribution in [0.3, 0.4) is 0 Å². The van der Waals surface area contributed by atoms with Gasteiger partial charge in [-0.3, -0.25) is 0 Å². The Bertz CT molecular complexity index is 422. The maximum absolute atomic E-state index is 12.8. The first-order valence-corrected chi connectivity index (χ1v) is 6.17. The Morgan fingerprint density at radius 2 is 2.00 bits per heavy atom. The molecule has 0 radical (unpaired) electrons. The van der Waals surface area contributed by atoms with Crippen molar-refractivity contribution in [1.29, 1.82) is 0 Å². The standard InChI is InChI=1S/C13H14FNS/c1-15-13(11-6-7-16-9-11)8-10-2-4-12(14)5-3-10/h2-7,9,13,15H,8H2,1H3. The number of thiophene rings is 1. The van der Waals surface area contributed by atoms with Crippen molar-refractivity contribution in [2.45, 2.75) is 12.5 Å². The van der Waals surface area contributed by atoms with E-state index in [0.717, 1.165) is 12.0 Å². The minimum Gasteiger partial charge on any atom is -0.313 e. The monoisotopic (exact) mass is 235 g/mol. The normalized spacial score (nSPS) is 12.6. The van der Waals surface area contributed by atoms with E-state index in [-0.39, 0.29) is 5.82 Å². The van der Waals surface area contributed by atoms with Gasteiger partial charge in [-0.25, -0.2) is 4.39 Å². The molecule has 0 saturated heterocycles. The Hall–Kier alpha value is -1.19. The fraction of sp³-hybridized carbons (Fsp3) is 0.231. The van der Waals surface area contributed by atoms with Crippen molar-refractivity contribution >= 4 is 11.3 Å². The van der Waals surface area contributed by atoms with Crippen LogP contribution in [-0.2, 0) is 6.42 Å². The topological polar surface area (TPSA) is 12.0 Å². The van der Waals surface area contributed by atoms with Crippen molar-refractivity contribution in [2.75, 3.05) is 7.05 Å². The number of likely N-dealkylation sites (N-methyl/N-ethyl adjacent to an activating group) is 1. The second-order valence-corrected chi connectivity index (χ2v) is 4.51. The first-order chi connectivity index (χ1) is 7.79. The average Bonchev–Trinajstić information content (AvgIpc) is 2.82. The molecule has 0 spiro atoms. The molecule has 0 fully saturated rings. The maximum Gasteiger partial charge on any atom is 0.123 e. The summed E-state index contributed by atoms with van der Waals surface area (Å²) < 4.78 is 12.8. The van der Waals surface area contributed by atoms with E-state index in [9.17, 15) is 4.39 Å². The summed E-state index contributed by atoms with van der Waals surface area (Å²) in [6.45, 7) is 0. The van der Waals surface area contributed by atoms with Crippen LogP contribution in [0.1, 0.15) is 17.2 Å². The zero-order chi connectivity index (χ0) is 11.4. The van der Waals surface area contributed by atoms with Crippen molar-refractivity contribution in [3.8, 4) is 0 Å². The highest BCUT2D eigenvalue weighted by Crippen LogP contribution is 2.20. The largest absolute Gasteiger partial charge is 0.313 e. The van der Waals surface area contributed by atoms with Crippen LogP contribution in [0.15, 0.2) is 41.1 Å². The molecule has 1 atom stereocenters. The molecule has 0 aliphatic heterocycles. The lowest BCUT2D eigenvalue weighted by molar-refractivity contribution is 0.590. The second-order valence-electron chi connectivity index (χ2n) is 3.73. The summed E-state index contributed by atoms with van der Waals surface area (Å²) in [5.41, 5.74) is 2.43. The first kappa shape index (κ1) is 11.3. The highest BCUT2D eigenvalue weighted by Gasteiger charge is 2.10. The second kappa shape index (κ2) is 5.23. The molecular weight excluding hydrogens is 221 g/mol. The lowest BCUT2D eigenvalue weighted by Crippen LogP contribution is -2.18. The number of hydrogen-bond donors (Lipinski definition) is 1. The Balaban J connectivity index is 2.10. The minimum atomic E-state index is -0.180. The van der Waals surface area contributed by atoms with Gasteiger partial charge in [0.15, 0.2) is 0 Å². The molecule has 2 rings (SSSR count). The average molecular weight is 235 g/mol. The molecule has 16 heavy (non-hydrogen) atoms. The van der Waals surface area contributed by atoms with Gasteiger partial charge in [0.1, 0.15) is 5.82 Å². The van der Waals surface area contributed by atoms with E-state index in [0.29, 0.717) is 6.04 Å². The molecule has 1 aromatic carbocycles. The van der Waals surface area contributed by atoms with Gasteiger partial charge < -0.3 is 5.32 Å². The SMILES string of the molecule is CNC(Cc1ccc(F)cc1)c1ccsc1. The minimum absolute atomic E-state index is 0.180. The Labute approximate surface area is 98.9 Å². The summed E-state index contributed by atoms with van der Waals surface area (Å²) in [5, 5.41) is 7.50. The van der Waals surface area contributed by atoms with Crippen LogP contribution in [0, 0.1) is 5.82 Å². The van der Waals surface area contributed by atoms with Crippen LogP contribution in [0.2, 0.25) is 0 Å². The van der Waals surface area contributed by atoms with Gasteiger partial charge in [-0.1, -0.05) is 12.1 Å². The summed E-state index contributed by atoms with van der Waals surface area (Å²) in [5.74, 6) is -0.180. The Morgan fingerprint density at radius 3 is 2.56 bits per heavy atom. The number of benzene rings is 1. The fourth-order valence-electron chi connectivity index (χ4n) is 1.72. The van der Waals surface area contributed by atoms with Crippen molar-refractivity contribution in [2.24, 2.45) is 0 Å². The van der Waals surface area contributed by atoms with Gasteiger partial charge in [-0.05, 0) is 53.6 Å². The third kappa shape index (κ3) is 2.68. The van der Waals surface area contributed by atoms with Crippen molar-refractivity contribution in [1.82, 2.24) is 5.32 Å². The molecule has 1 heterocycles. The predicted octanol–water partition coefficient (Wildman–Crippen LogP) is 3.39. The molecule has 1 N–H and O–H groups in total. The van der Waals surface area contributed by atoms with Crippen molar-refractivity contribution < 1.29 is 4.39 Å². The quantitative estimate of drug-likeness (QED) is 0.856. The van der Waals surface area contributed by atoms with E-state index < -0.39 is 0 Å². The number of rotatable bonds is 4. The van der Waals surface area contributed by atoms with E-state index >= 15 is 0 Å². The zero-order valence-electron chi connectivity index (χ0n) is 9.11. The fourth-order valence-corrected chi connectivity index (χ4v) is 2.43. The van der Waals surface area contributed by atoms with E-state index in [1.165, 1.54) is 17.7 Å². The Morgan fingerprint density at radius 1 is 1.25 bits per heavy atom. The van der Waals surface area contributed by atoms with Crippen LogP contribution in [0.4, 0.5) is 4.39 Å². The summed E-state index contributed by atoms with van der Waals surface area (Å²) in [4.78, 5) is 0. The van der Waals surface area contributed by atoms with Crippen LogP contribution in [0.5, 0.6) is 0 Å². The number of nitrogens with one attached hydrogen (secondary N) is 1. The van der Waals surface area contributed by atoms with E-state index in [2.05, 4.69) is 22.1 Å². The van der Waals surface area contributed by atoms with Crippen LogP contribution in [-0.4, -0.2) is 7.05 Å². The first-order valence-electron chi connectivity index (χ1n) is 5.23. The molecule has 1 aromatic heterocycles. The van der Waals surface area contributed by atoms with Gasteiger partial charge >= 0.3 is 0 Å².